The van der Waals surface area contributed by atoms with Gasteiger partial charge in [0.15, 0.2) is 5.82 Å². The molecule has 3 aromatic rings. The summed E-state index contributed by atoms with van der Waals surface area (Å²) in [5.41, 5.74) is 1.87. The lowest BCUT2D eigenvalue weighted by Crippen LogP contribution is -2.60. The van der Waals surface area contributed by atoms with E-state index in [1.807, 2.05) is 6.07 Å². The average molecular weight is 471 g/mol. The zero-order valence-electron chi connectivity index (χ0n) is 18.4. The molecule has 12 heteroatoms. The lowest BCUT2D eigenvalue weighted by Gasteiger charge is -2.41. The number of halogens is 2. The number of benzene rings is 1. The summed E-state index contributed by atoms with van der Waals surface area (Å²) in [7, 11) is 0. The number of rotatable bonds is 6. The number of amides is 1. The Bertz CT molecular complexity index is 1150. The molecule has 34 heavy (non-hydrogen) atoms. The predicted octanol–water partition coefficient (Wildman–Crippen LogP) is 1.98. The second-order valence-electron chi connectivity index (χ2n) is 8.20. The Labute approximate surface area is 193 Å². The molecule has 2 atom stereocenters. The molecule has 2 aliphatic heterocycles. The number of anilines is 1. The molecule has 0 radical (unpaired) electrons. The SMILES string of the molecule is Cc1nnn(-c2ccc(C(F)F)cc2)c1COc1ccc(N2CC[C@H]3OCC(=O)N[C@@H]3C2)nn1. The number of hydrogen-bond acceptors (Lipinski definition) is 8. The van der Waals surface area contributed by atoms with Gasteiger partial charge in [0.2, 0.25) is 11.8 Å². The van der Waals surface area contributed by atoms with E-state index in [9.17, 15) is 13.6 Å². The van der Waals surface area contributed by atoms with Gasteiger partial charge in [-0.1, -0.05) is 17.3 Å². The van der Waals surface area contributed by atoms with E-state index < -0.39 is 6.43 Å². The number of ether oxygens (including phenoxy) is 2. The number of nitrogens with one attached hydrogen (secondary N) is 1. The topological polar surface area (TPSA) is 107 Å². The summed E-state index contributed by atoms with van der Waals surface area (Å²) in [6.07, 6.45) is -1.71. The fourth-order valence-corrected chi connectivity index (χ4v) is 4.12. The van der Waals surface area contributed by atoms with Gasteiger partial charge in [0.25, 0.3) is 6.43 Å². The molecule has 2 aliphatic rings. The van der Waals surface area contributed by atoms with Crippen LogP contribution in [0.4, 0.5) is 14.6 Å². The first-order chi connectivity index (χ1) is 16.5. The van der Waals surface area contributed by atoms with Crippen molar-refractivity contribution in [2.45, 2.75) is 38.5 Å². The van der Waals surface area contributed by atoms with Gasteiger partial charge in [0.1, 0.15) is 18.9 Å². The molecule has 0 bridgehead atoms. The van der Waals surface area contributed by atoms with E-state index in [0.29, 0.717) is 35.3 Å². The molecule has 10 nitrogen and oxygen atoms in total. The van der Waals surface area contributed by atoms with E-state index in [0.717, 1.165) is 13.0 Å². The largest absolute Gasteiger partial charge is 0.470 e. The normalized spacial score (nSPS) is 20.2. The van der Waals surface area contributed by atoms with E-state index in [-0.39, 0.29) is 36.8 Å². The van der Waals surface area contributed by atoms with Gasteiger partial charge in [-0.15, -0.1) is 15.3 Å². The van der Waals surface area contributed by atoms with E-state index >= 15 is 0 Å². The van der Waals surface area contributed by atoms with Gasteiger partial charge < -0.3 is 19.7 Å². The van der Waals surface area contributed by atoms with Crippen LogP contribution in [-0.4, -0.2) is 62.9 Å². The lowest BCUT2D eigenvalue weighted by atomic mass is 10.0. The molecule has 1 N–H and O–H groups in total. The number of aromatic nitrogens is 5. The summed E-state index contributed by atoms with van der Waals surface area (Å²) in [4.78, 5) is 13.7. The molecule has 1 aromatic carbocycles. The maximum absolute atomic E-state index is 12.8. The zero-order chi connectivity index (χ0) is 23.7. The molecule has 2 saturated heterocycles. The molecule has 1 amide bonds. The fraction of sp³-hybridized carbons (Fsp3) is 0.409. The van der Waals surface area contributed by atoms with Crippen molar-refractivity contribution < 1.29 is 23.0 Å². The maximum Gasteiger partial charge on any atom is 0.263 e. The molecule has 0 spiro atoms. The van der Waals surface area contributed by atoms with E-state index in [1.165, 1.54) is 12.1 Å². The molecule has 0 saturated carbocycles. The fourth-order valence-electron chi connectivity index (χ4n) is 4.12. The minimum Gasteiger partial charge on any atom is -0.470 e. The minimum absolute atomic E-state index is 0.0257. The van der Waals surface area contributed by atoms with Crippen molar-refractivity contribution >= 4 is 11.7 Å². The minimum atomic E-state index is -2.53. The first-order valence-corrected chi connectivity index (χ1v) is 10.9. The van der Waals surface area contributed by atoms with E-state index in [2.05, 4.69) is 30.7 Å². The van der Waals surface area contributed by atoms with Crippen molar-refractivity contribution in [2.24, 2.45) is 0 Å². The highest BCUT2D eigenvalue weighted by atomic mass is 19.3. The van der Waals surface area contributed by atoms with Crippen molar-refractivity contribution in [1.29, 1.82) is 0 Å². The Balaban J connectivity index is 1.23. The number of carbonyl (C=O) groups is 1. The van der Waals surface area contributed by atoms with Crippen molar-refractivity contribution in [2.75, 3.05) is 24.6 Å². The van der Waals surface area contributed by atoms with Crippen LogP contribution < -0.4 is 15.0 Å². The van der Waals surface area contributed by atoms with Crippen LogP contribution in [0.2, 0.25) is 0 Å². The quantitative estimate of drug-likeness (QED) is 0.582. The Kier molecular flexibility index (Phi) is 6.05. The number of piperidine rings is 1. The molecule has 5 rings (SSSR count). The summed E-state index contributed by atoms with van der Waals surface area (Å²) < 4.78 is 38.6. The van der Waals surface area contributed by atoms with Crippen LogP contribution in [0.5, 0.6) is 5.88 Å². The number of alkyl halides is 2. The highest BCUT2D eigenvalue weighted by Crippen LogP contribution is 2.24. The summed E-state index contributed by atoms with van der Waals surface area (Å²) in [5.74, 6) is 0.910. The number of fused-ring (bicyclic) bond motifs is 1. The second-order valence-corrected chi connectivity index (χ2v) is 8.20. The van der Waals surface area contributed by atoms with Gasteiger partial charge in [0.05, 0.1) is 23.5 Å². The summed E-state index contributed by atoms with van der Waals surface area (Å²) in [6.45, 7) is 3.38. The summed E-state index contributed by atoms with van der Waals surface area (Å²) in [6, 6.07) is 9.33. The monoisotopic (exact) mass is 471 g/mol. The van der Waals surface area contributed by atoms with Gasteiger partial charge in [-0.25, -0.2) is 13.5 Å². The Morgan fingerprint density at radius 3 is 2.74 bits per heavy atom. The average Bonchev–Trinajstić information content (AvgIpc) is 3.22. The van der Waals surface area contributed by atoms with Gasteiger partial charge in [0, 0.05) is 24.7 Å². The molecule has 178 valence electrons. The standard InChI is InChI=1S/C22H23F2N7O3/c1-13-17(31(29-26-13)15-4-2-14(3-5-15)22(23)24)11-34-21-7-6-19(27-28-21)30-9-8-18-16(10-30)25-20(32)12-33-18/h2-7,16,18,22H,8-12H2,1H3,(H,25,32)/t16-,18-/m1/s1. The first kappa shape index (κ1) is 22.1. The van der Waals surface area contributed by atoms with Gasteiger partial charge >= 0.3 is 0 Å². The summed E-state index contributed by atoms with van der Waals surface area (Å²) >= 11 is 0. The maximum atomic E-state index is 12.8. The second kappa shape index (κ2) is 9.29. The van der Waals surface area contributed by atoms with Crippen LogP contribution in [0, 0.1) is 6.92 Å². The van der Waals surface area contributed by atoms with Gasteiger partial charge in [-0.2, -0.15) is 0 Å². The van der Waals surface area contributed by atoms with E-state index in [1.54, 1.807) is 29.8 Å². The third kappa shape index (κ3) is 4.53. The number of hydrogen-bond donors (Lipinski definition) is 1. The zero-order valence-corrected chi connectivity index (χ0v) is 18.4. The van der Waals surface area contributed by atoms with Crippen molar-refractivity contribution in [3.63, 3.8) is 0 Å². The van der Waals surface area contributed by atoms with Crippen LogP contribution >= 0.6 is 0 Å². The lowest BCUT2D eigenvalue weighted by molar-refractivity contribution is -0.137. The number of aryl methyl sites for hydroxylation is 1. The van der Waals surface area contributed by atoms with Gasteiger partial charge in [-0.05, 0) is 31.5 Å². The van der Waals surface area contributed by atoms with Gasteiger partial charge in [-0.3, -0.25) is 4.79 Å². The molecule has 0 aliphatic carbocycles. The summed E-state index contributed by atoms with van der Waals surface area (Å²) in [5, 5.41) is 19.6. The third-order valence-electron chi connectivity index (χ3n) is 5.98. The third-order valence-corrected chi connectivity index (χ3v) is 5.98. The molecule has 0 unspecified atom stereocenters. The number of carbonyl (C=O) groups excluding carboxylic acids is 1. The van der Waals surface area contributed by atoms with Crippen LogP contribution in [0.15, 0.2) is 36.4 Å². The van der Waals surface area contributed by atoms with Crippen LogP contribution in [0.25, 0.3) is 5.69 Å². The van der Waals surface area contributed by atoms with E-state index in [4.69, 9.17) is 9.47 Å². The Morgan fingerprint density at radius 2 is 2.00 bits per heavy atom. The smallest absolute Gasteiger partial charge is 0.263 e. The Hall–Kier alpha value is -3.67. The Morgan fingerprint density at radius 1 is 1.18 bits per heavy atom. The first-order valence-electron chi connectivity index (χ1n) is 10.9. The highest BCUT2D eigenvalue weighted by Gasteiger charge is 2.35. The molecule has 2 aromatic heterocycles. The number of nitrogens with zero attached hydrogens (tertiary/aromatic N) is 6. The molecule has 4 heterocycles. The molecular formula is C22H23F2N7O3. The number of morpholine rings is 1. The van der Waals surface area contributed by atoms with Crippen molar-refractivity contribution in [3.8, 4) is 11.6 Å². The van der Waals surface area contributed by atoms with Crippen LogP contribution in [-0.2, 0) is 16.1 Å². The molecule has 2 fully saturated rings. The molecular weight excluding hydrogens is 448 g/mol. The highest BCUT2D eigenvalue weighted by molar-refractivity contribution is 5.78. The van der Waals surface area contributed by atoms with Crippen LogP contribution in [0.3, 0.4) is 0 Å². The van der Waals surface area contributed by atoms with Crippen molar-refractivity contribution in [3.05, 3.63) is 53.3 Å². The van der Waals surface area contributed by atoms with Crippen molar-refractivity contribution in [1.82, 2.24) is 30.5 Å². The van der Waals surface area contributed by atoms with Crippen LogP contribution in [0.1, 0.15) is 29.8 Å². The predicted molar refractivity (Wildman–Crippen MR) is 116 cm³/mol.